The molecule has 0 bridgehead atoms. The molecular formula is C18H29N5S. The summed E-state index contributed by atoms with van der Waals surface area (Å²) < 4.78 is 0. The van der Waals surface area contributed by atoms with Crippen molar-refractivity contribution in [1.82, 2.24) is 21.3 Å². The molecule has 0 amide bonds. The lowest BCUT2D eigenvalue weighted by molar-refractivity contribution is 0.450. The molecule has 4 N–H and O–H groups in total. The molecule has 132 valence electrons. The van der Waals surface area contributed by atoms with Crippen molar-refractivity contribution in [3.63, 3.8) is 0 Å². The quantitative estimate of drug-likeness (QED) is 0.493. The maximum Gasteiger partial charge on any atom is 0.0739 e. The summed E-state index contributed by atoms with van der Waals surface area (Å²) in [5.41, 5.74) is 2.18. The van der Waals surface area contributed by atoms with Crippen LogP contribution in [-0.4, -0.2) is 57.0 Å². The van der Waals surface area contributed by atoms with Gasteiger partial charge in [-0.3, -0.25) is 0 Å². The van der Waals surface area contributed by atoms with Crippen LogP contribution in [0.25, 0.3) is 0 Å². The predicted octanol–water partition coefficient (Wildman–Crippen LogP) is 1.48. The maximum absolute atomic E-state index is 4.64. The Morgan fingerprint density at radius 2 is 1.58 bits per heavy atom. The average molecular weight is 348 g/mol. The molecule has 0 aliphatic carbocycles. The maximum atomic E-state index is 4.64. The monoisotopic (exact) mass is 347 g/mol. The first-order chi connectivity index (χ1) is 11.9. The lowest BCUT2D eigenvalue weighted by Gasteiger charge is -2.20. The second kappa shape index (κ2) is 12.3. The first-order valence-corrected chi connectivity index (χ1v) is 9.31. The van der Waals surface area contributed by atoms with Crippen LogP contribution in [0.4, 0.5) is 5.69 Å². The van der Waals surface area contributed by atoms with Crippen LogP contribution in [0.3, 0.4) is 0 Å². The Morgan fingerprint density at radius 1 is 0.917 bits per heavy atom. The molecule has 1 fully saturated rings. The number of hydrogen-bond acceptors (Lipinski definition) is 6. The van der Waals surface area contributed by atoms with E-state index in [0.29, 0.717) is 6.04 Å². The molecule has 0 radical (unpaired) electrons. The first-order valence-electron chi connectivity index (χ1n) is 8.91. The second-order valence-corrected chi connectivity index (χ2v) is 6.32. The van der Waals surface area contributed by atoms with Gasteiger partial charge in [0.1, 0.15) is 0 Å². The summed E-state index contributed by atoms with van der Waals surface area (Å²) in [5, 5.41) is 16.6. The molecule has 0 aromatic heterocycles. The Balaban J connectivity index is 1.84. The summed E-state index contributed by atoms with van der Waals surface area (Å²) in [4.78, 5) is 4.00. The summed E-state index contributed by atoms with van der Waals surface area (Å²) in [6.45, 7) is 7.34. The Labute approximate surface area is 150 Å². The van der Waals surface area contributed by atoms with Gasteiger partial charge in [0, 0.05) is 25.7 Å². The largest absolute Gasteiger partial charge is 0.315 e. The topological polar surface area (TPSA) is 60.5 Å². The number of isothiocyanates is 1. The van der Waals surface area contributed by atoms with E-state index in [0.717, 1.165) is 70.8 Å². The SMILES string of the molecule is S=C=Nc1ccc(CC2CNCCCNCCNCCCN2)cc1. The molecule has 1 unspecified atom stereocenters. The number of nitrogens with one attached hydrogen (secondary N) is 4. The molecule has 2 rings (SSSR count). The summed E-state index contributed by atoms with van der Waals surface area (Å²) in [7, 11) is 0. The van der Waals surface area contributed by atoms with Crippen molar-refractivity contribution < 1.29 is 0 Å². The molecule has 0 saturated carbocycles. The summed E-state index contributed by atoms with van der Waals surface area (Å²) >= 11 is 4.64. The molecule has 24 heavy (non-hydrogen) atoms. The number of thiocarbonyl (C=S) groups is 1. The van der Waals surface area contributed by atoms with Crippen LogP contribution in [0.2, 0.25) is 0 Å². The van der Waals surface area contributed by atoms with Crippen molar-refractivity contribution in [3.05, 3.63) is 29.8 Å². The first kappa shape index (κ1) is 19.2. The highest BCUT2D eigenvalue weighted by atomic mass is 32.1. The molecule has 1 aromatic carbocycles. The van der Waals surface area contributed by atoms with Crippen molar-refractivity contribution in [2.24, 2.45) is 4.99 Å². The van der Waals surface area contributed by atoms with Gasteiger partial charge < -0.3 is 21.3 Å². The Morgan fingerprint density at radius 3 is 2.29 bits per heavy atom. The lowest BCUT2D eigenvalue weighted by Crippen LogP contribution is -2.42. The van der Waals surface area contributed by atoms with Crippen LogP contribution in [0, 0.1) is 0 Å². The third kappa shape index (κ3) is 8.11. The standard InChI is InChI=1S/C18H29N5S/c24-15-23-17-5-3-16(4-6-17)13-18-14-21-9-1-7-19-11-12-20-8-2-10-22-18/h3-6,18-22H,1-2,7-14H2. The van der Waals surface area contributed by atoms with Crippen molar-refractivity contribution in [3.8, 4) is 0 Å². The second-order valence-electron chi connectivity index (χ2n) is 6.14. The zero-order valence-electron chi connectivity index (χ0n) is 14.3. The van der Waals surface area contributed by atoms with Crippen LogP contribution < -0.4 is 21.3 Å². The third-order valence-electron chi connectivity index (χ3n) is 4.13. The van der Waals surface area contributed by atoms with E-state index in [1.807, 2.05) is 12.1 Å². The van der Waals surface area contributed by atoms with Crippen LogP contribution in [-0.2, 0) is 6.42 Å². The highest BCUT2D eigenvalue weighted by Crippen LogP contribution is 2.13. The van der Waals surface area contributed by atoms with Gasteiger partial charge in [-0.2, -0.15) is 4.99 Å². The van der Waals surface area contributed by atoms with Gasteiger partial charge in [-0.25, -0.2) is 0 Å². The molecular weight excluding hydrogens is 318 g/mol. The van der Waals surface area contributed by atoms with E-state index in [4.69, 9.17) is 0 Å². The van der Waals surface area contributed by atoms with Crippen LogP contribution in [0.5, 0.6) is 0 Å². The molecule has 1 heterocycles. The molecule has 1 aromatic rings. The van der Waals surface area contributed by atoms with Gasteiger partial charge in [-0.05, 0) is 75.4 Å². The molecule has 1 aliphatic rings. The van der Waals surface area contributed by atoms with Gasteiger partial charge in [0.2, 0.25) is 0 Å². The normalized spacial score (nSPS) is 21.4. The Hall–Kier alpha value is -1.14. The Bertz CT molecular complexity index is 485. The number of aliphatic imine (C=N–C) groups is 1. The van der Waals surface area contributed by atoms with E-state index in [9.17, 15) is 0 Å². The number of rotatable bonds is 3. The van der Waals surface area contributed by atoms with Gasteiger partial charge in [0.05, 0.1) is 10.8 Å². The minimum atomic E-state index is 0.445. The fraction of sp³-hybridized carbons (Fsp3) is 0.611. The highest BCUT2D eigenvalue weighted by molar-refractivity contribution is 7.78. The molecule has 6 heteroatoms. The minimum absolute atomic E-state index is 0.445. The molecule has 5 nitrogen and oxygen atoms in total. The van der Waals surface area contributed by atoms with Gasteiger partial charge in [0.25, 0.3) is 0 Å². The van der Waals surface area contributed by atoms with E-state index < -0.39 is 0 Å². The van der Waals surface area contributed by atoms with Crippen LogP contribution >= 0.6 is 12.2 Å². The van der Waals surface area contributed by atoms with E-state index in [1.165, 1.54) is 5.56 Å². The highest BCUT2D eigenvalue weighted by Gasteiger charge is 2.09. The molecule has 0 spiro atoms. The van der Waals surface area contributed by atoms with Crippen LogP contribution in [0.1, 0.15) is 18.4 Å². The van der Waals surface area contributed by atoms with Crippen molar-refractivity contribution in [1.29, 1.82) is 0 Å². The number of hydrogen-bond donors (Lipinski definition) is 4. The van der Waals surface area contributed by atoms with Crippen LogP contribution in [0.15, 0.2) is 29.3 Å². The van der Waals surface area contributed by atoms with E-state index >= 15 is 0 Å². The molecule has 1 saturated heterocycles. The van der Waals surface area contributed by atoms with Gasteiger partial charge in [-0.15, -0.1) is 0 Å². The number of nitrogens with zero attached hydrogens (tertiary/aromatic N) is 1. The van der Waals surface area contributed by atoms with E-state index in [1.54, 1.807) is 0 Å². The predicted molar refractivity (Wildman–Crippen MR) is 104 cm³/mol. The van der Waals surface area contributed by atoms with Gasteiger partial charge >= 0.3 is 0 Å². The molecule has 1 aliphatic heterocycles. The van der Waals surface area contributed by atoms with Crippen molar-refractivity contribution in [2.75, 3.05) is 45.8 Å². The summed E-state index contributed by atoms with van der Waals surface area (Å²) in [6.07, 6.45) is 3.33. The lowest BCUT2D eigenvalue weighted by atomic mass is 10.1. The zero-order valence-corrected chi connectivity index (χ0v) is 15.1. The zero-order chi connectivity index (χ0) is 16.9. The van der Waals surface area contributed by atoms with Crippen molar-refractivity contribution in [2.45, 2.75) is 25.3 Å². The minimum Gasteiger partial charge on any atom is -0.315 e. The fourth-order valence-electron chi connectivity index (χ4n) is 2.82. The van der Waals surface area contributed by atoms with E-state index in [2.05, 4.69) is 55.8 Å². The number of benzene rings is 1. The molecule has 1 atom stereocenters. The van der Waals surface area contributed by atoms with Crippen molar-refractivity contribution >= 4 is 23.1 Å². The van der Waals surface area contributed by atoms with E-state index in [-0.39, 0.29) is 0 Å². The third-order valence-corrected chi connectivity index (χ3v) is 4.22. The smallest absolute Gasteiger partial charge is 0.0739 e. The summed E-state index contributed by atoms with van der Waals surface area (Å²) in [5.74, 6) is 0. The fourth-order valence-corrected chi connectivity index (χ4v) is 2.93. The average Bonchev–Trinajstić information content (AvgIpc) is 2.60. The summed E-state index contributed by atoms with van der Waals surface area (Å²) in [6, 6.07) is 8.70. The van der Waals surface area contributed by atoms with Gasteiger partial charge in [-0.1, -0.05) is 12.1 Å². The van der Waals surface area contributed by atoms with Gasteiger partial charge in [0.15, 0.2) is 0 Å². The Kier molecular flexibility index (Phi) is 9.80.